The first-order valence-corrected chi connectivity index (χ1v) is 5.68. The Labute approximate surface area is 95.4 Å². The van der Waals surface area contributed by atoms with E-state index in [-0.39, 0.29) is 0 Å². The minimum Gasteiger partial charge on any atom is -0.478 e. The first-order chi connectivity index (χ1) is 7.67. The van der Waals surface area contributed by atoms with Crippen molar-refractivity contribution in [1.29, 1.82) is 0 Å². The highest BCUT2D eigenvalue weighted by atomic mass is 16.5. The lowest BCUT2D eigenvalue weighted by Gasteiger charge is -2.32. The van der Waals surface area contributed by atoms with Crippen molar-refractivity contribution in [3.8, 4) is 5.88 Å². The lowest BCUT2D eigenvalue weighted by atomic mass is 9.88. The van der Waals surface area contributed by atoms with Crippen molar-refractivity contribution in [2.24, 2.45) is 5.73 Å². The van der Waals surface area contributed by atoms with Gasteiger partial charge >= 0.3 is 0 Å². The van der Waals surface area contributed by atoms with E-state index in [1.807, 2.05) is 19.9 Å². The first kappa shape index (κ1) is 11.1. The summed E-state index contributed by atoms with van der Waals surface area (Å²) < 4.78 is 5.37. The third-order valence-electron chi connectivity index (χ3n) is 2.63. The summed E-state index contributed by atoms with van der Waals surface area (Å²) in [5.41, 5.74) is 6.63. The maximum absolute atomic E-state index is 5.72. The largest absolute Gasteiger partial charge is 0.478 e. The highest BCUT2D eigenvalue weighted by Gasteiger charge is 2.26. The maximum Gasteiger partial charge on any atom is 0.226 e. The van der Waals surface area contributed by atoms with Crippen molar-refractivity contribution in [1.82, 2.24) is 9.97 Å². The van der Waals surface area contributed by atoms with Gasteiger partial charge in [-0.25, -0.2) is 4.98 Å². The normalized spacial score (nSPS) is 23.7. The summed E-state index contributed by atoms with van der Waals surface area (Å²) in [6.45, 7) is 4.49. The summed E-state index contributed by atoms with van der Waals surface area (Å²) in [7, 11) is 0. The molecule has 1 heterocycles. The quantitative estimate of drug-likeness (QED) is 0.797. The number of nitrogens with zero attached hydrogens (tertiary/aromatic N) is 2. The fraction of sp³-hybridized carbons (Fsp3) is 0.636. The molecule has 0 spiro atoms. The lowest BCUT2D eigenvalue weighted by molar-refractivity contribution is 0.325. The van der Waals surface area contributed by atoms with Gasteiger partial charge in [-0.05, 0) is 26.7 Å². The molecule has 1 saturated carbocycles. The number of anilines is 1. The predicted molar refractivity (Wildman–Crippen MR) is 62.6 cm³/mol. The van der Waals surface area contributed by atoms with E-state index in [2.05, 4.69) is 15.3 Å². The predicted octanol–water partition coefficient (Wildman–Crippen LogP) is 1.09. The molecule has 0 bridgehead atoms. The smallest absolute Gasteiger partial charge is 0.226 e. The second-order valence-corrected chi connectivity index (χ2v) is 4.18. The summed E-state index contributed by atoms with van der Waals surface area (Å²) in [5.74, 6) is 1.27. The molecule has 16 heavy (non-hydrogen) atoms. The molecule has 1 aromatic rings. The molecule has 88 valence electrons. The highest BCUT2D eigenvalue weighted by Crippen LogP contribution is 2.22. The van der Waals surface area contributed by atoms with Crippen molar-refractivity contribution in [2.45, 2.75) is 38.8 Å². The molecule has 0 atom stereocenters. The summed E-state index contributed by atoms with van der Waals surface area (Å²) in [5, 5.41) is 3.27. The van der Waals surface area contributed by atoms with Gasteiger partial charge < -0.3 is 15.8 Å². The second kappa shape index (κ2) is 4.65. The Morgan fingerprint density at radius 1 is 1.50 bits per heavy atom. The zero-order chi connectivity index (χ0) is 11.5. The minimum absolute atomic E-state index is 0.327. The monoisotopic (exact) mass is 222 g/mol. The third-order valence-corrected chi connectivity index (χ3v) is 2.63. The van der Waals surface area contributed by atoms with Crippen LogP contribution < -0.4 is 15.8 Å². The van der Waals surface area contributed by atoms with Crippen molar-refractivity contribution in [3.05, 3.63) is 11.8 Å². The van der Waals surface area contributed by atoms with Crippen LogP contribution in [0, 0.1) is 6.92 Å². The molecule has 1 aliphatic carbocycles. The van der Waals surface area contributed by atoms with E-state index < -0.39 is 0 Å². The summed E-state index contributed by atoms with van der Waals surface area (Å²) >= 11 is 0. The van der Waals surface area contributed by atoms with Crippen LogP contribution in [0.15, 0.2) is 6.07 Å². The van der Waals surface area contributed by atoms with Crippen LogP contribution in [0.2, 0.25) is 0 Å². The third kappa shape index (κ3) is 2.61. The molecule has 1 aromatic heterocycles. The first-order valence-electron chi connectivity index (χ1n) is 5.68. The van der Waals surface area contributed by atoms with Gasteiger partial charge in [0.05, 0.1) is 6.61 Å². The fourth-order valence-electron chi connectivity index (χ4n) is 1.79. The molecule has 0 aliphatic heterocycles. The van der Waals surface area contributed by atoms with Crippen LogP contribution in [-0.2, 0) is 0 Å². The molecular weight excluding hydrogens is 204 g/mol. The molecule has 0 saturated heterocycles. The van der Waals surface area contributed by atoms with E-state index in [1.165, 1.54) is 0 Å². The van der Waals surface area contributed by atoms with Crippen molar-refractivity contribution in [3.63, 3.8) is 0 Å². The Bertz CT molecular complexity index is 363. The number of aryl methyl sites for hydroxylation is 1. The number of nitrogens with one attached hydrogen (secondary N) is 1. The Kier molecular flexibility index (Phi) is 3.24. The second-order valence-electron chi connectivity index (χ2n) is 4.18. The van der Waals surface area contributed by atoms with Crippen molar-refractivity contribution < 1.29 is 4.74 Å². The molecule has 0 unspecified atom stereocenters. The van der Waals surface area contributed by atoms with Crippen molar-refractivity contribution in [2.75, 3.05) is 11.9 Å². The van der Waals surface area contributed by atoms with Gasteiger partial charge in [-0.3, -0.25) is 0 Å². The average molecular weight is 222 g/mol. The van der Waals surface area contributed by atoms with E-state index in [9.17, 15) is 0 Å². The van der Waals surface area contributed by atoms with Crippen LogP contribution >= 0.6 is 0 Å². The van der Waals surface area contributed by atoms with E-state index in [1.54, 1.807) is 0 Å². The number of rotatable bonds is 4. The lowest BCUT2D eigenvalue weighted by Crippen LogP contribution is -2.44. The van der Waals surface area contributed by atoms with Crippen LogP contribution in [0.3, 0.4) is 0 Å². The van der Waals surface area contributed by atoms with E-state index in [0.29, 0.717) is 30.5 Å². The fourth-order valence-corrected chi connectivity index (χ4v) is 1.79. The standard InChI is InChI=1S/C11H18N4O/c1-3-16-10-4-7(2)13-11(15-10)14-9-5-8(12)6-9/h4,8-9H,3,5-6,12H2,1-2H3,(H,13,14,15). The topological polar surface area (TPSA) is 73.1 Å². The molecule has 3 N–H and O–H groups in total. The van der Waals surface area contributed by atoms with Crippen LogP contribution in [0.1, 0.15) is 25.5 Å². The molecule has 0 radical (unpaired) electrons. The Morgan fingerprint density at radius 3 is 2.88 bits per heavy atom. The van der Waals surface area contributed by atoms with Gasteiger partial charge in [0.2, 0.25) is 11.8 Å². The number of hydrogen-bond acceptors (Lipinski definition) is 5. The molecule has 1 aliphatic rings. The van der Waals surface area contributed by atoms with Gasteiger partial charge in [0.1, 0.15) is 0 Å². The Morgan fingerprint density at radius 2 is 2.25 bits per heavy atom. The molecule has 5 heteroatoms. The zero-order valence-corrected chi connectivity index (χ0v) is 9.73. The van der Waals surface area contributed by atoms with Gasteiger partial charge in [0.25, 0.3) is 0 Å². The molecular formula is C11H18N4O. The van der Waals surface area contributed by atoms with Gasteiger partial charge in [-0.1, -0.05) is 0 Å². The van der Waals surface area contributed by atoms with Gasteiger partial charge in [-0.2, -0.15) is 4.98 Å². The van der Waals surface area contributed by atoms with Crippen molar-refractivity contribution >= 4 is 5.95 Å². The van der Waals surface area contributed by atoms with Crippen LogP contribution in [0.5, 0.6) is 5.88 Å². The Balaban J connectivity index is 2.02. The summed E-state index contributed by atoms with van der Waals surface area (Å²) in [4.78, 5) is 8.60. The van der Waals surface area contributed by atoms with E-state index >= 15 is 0 Å². The molecule has 1 fully saturated rings. The van der Waals surface area contributed by atoms with Crippen LogP contribution in [0.25, 0.3) is 0 Å². The number of nitrogens with two attached hydrogens (primary N) is 1. The molecule has 2 rings (SSSR count). The van der Waals surface area contributed by atoms with E-state index in [4.69, 9.17) is 10.5 Å². The average Bonchev–Trinajstić information content (AvgIpc) is 2.15. The maximum atomic E-state index is 5.72. The zero-order valence-electron chi connectivity index (χ0n) is 9.73. The van der Waals surface area contributed by atoms with E-state index in [0.717, 1.165) is 18.5 Å². The highest BCUT2D eigenvalue weighted by molar-refractivity contribution is 5.32. The molecule has 0 amide bonds. The molecule has 0 aromatic carbocycles. The summed E-state index contributed by atoms with van der Waals surface area (Å²) in [6.07, 6.45) is 1.97. The number of ether oxygens (including phenoxy) is 1. The SMILES string of the molecule is CCOc1cc(C)nc(NC2CC(N)C2)n1. The van der Waals surface area contributed by atoms with Crippen LogP contribution in [-0.4, -0.2) is 28.7 Å². The Hall–Kier alpha value is -1.36. The minimum atomic E-state index is 0.327. The van der Waals surface area contributed by atoms with Crippen LogP contribution in [0.4, 0.5) is 5.95 Å². The van der Waals surface area contributed by atoms with Gasteiger partial charge in [0, 0.05) is 23.8 Å². The number of aromatic nitrogens is 2. The number of hydrogen-bond donors (Lipinski definition) is 2. The molecule has 5 nitrogen and oxygen atoms in total. The summed E-state index contributed by atoms with van der Waals surface area (Å²) in [6, 6.07) is 2.57. The van der Waals surface area contributed by atoms with Gasteiger partial charge in [0.15, 0.2) is 0 Å². The van der Waals surface area contributed by atoms with Gasteiger partial charge in [-0.15, -0.1) is 0 Å².